The van der Waals surface area contributed by atoms with E-state index in [0.29, 0.717) is 16.4 Å². The van der Waals surface area contributed by atoms with E-state index in [-0.39, 0.29) is 47.7 Å². The van der Waals surface area contributed by atoms with Gasteiger partial charge in [-0.2, -0.15) is 4.98 Å². The molecule has 0 amide bonds. The first-order valence-corrected chi connectivity index (χ1v) is 13.0. The molecule has 0 aliphatic heterocycles. The second kappa shape index (κ2) is 12.0. The fourth-order valence-electron chi connectivity index (χ4n) is 3.38. The third kappa shape index (κ3) is 6.42. The SMILES string of the molecule is COc1ccccc1Oc1c(NS(=O)c2ccc(C(C)(C)C)cc2)nc(-c2ncccn2)nc1OCCO. The second-order valence-corrected chi connectivity index (χ2v) is 10.3. The molecule has 0 aliphatic rings. The Morgan fingerprint density at radius 3 is 2.24 bits per heavy atom. The topological polar surface area (TPSA) is 129 Å². The number of aliphatic hydroxyl groups excluding tert-OH is 1. The maximum absolute atomic E-state index is 13.4. The largest absolute Gasteiger partial charge is 0.493 e. The summed E-state index contributed by atoms with van der Waals surface area (Å²) in [4.78, 5) is 17.9. The summed E-state index contributed by atoms with van der Waals surface area (Å²) in [6, 6.07) is 16.2. The minimum atomic E-state index is -1.72. The third-order valence-electron chi connectivity index (χ3n) is 5.34. The number of aromatic nitrogens is 4. The first kappa shape index (κ1) is 27.0. The van der Waals surface area contributed by atoms with Crippen molar-refractivity contribution in [1.82, 2.24) is 19.9 Å². The van der Waals surface area contributed by atoms with Gasteiger partial charge in [-0.25, -0.2) is 19.2 Å². The average Bonchev–Trinajstić information content (AvgIpc) is 2.93. The lowest BCUT2D eigenvalue weighted by Crippen LogP contribution is -2.13. The predicted octanol–water partition coefficient (Wildman–Crippen LogP) is 4.54. The van der Waals surface area contributed by atoms with E-state index in [0.717, 1.165) is 5.56 Å². The molecular formula is C27H29N5O5S. The average molecular weight is 536 g/mol. The second-order valence-electron chi connectivity index (χ2n) is 9.07. The molecule has 4 rings (SSSR count). The van der Waals surface area contributed by atoms with Crippen molar-refractivity contribution in [2.75, 3.05) is 25.0 Å². The molecule has 0 saturated heterocycles. The van der Waals surface area contributed by atoms with E-state index in [9.17, 15) is 9.32 Å². The molecule has 2 aromatic carbocycles. The summed E-state index contributed by atoms with van der Waals surface area (Å²) in [5.74, 6) is 1.31. The van der Waals surface area contributed by atoms with Gasteiger partial charge in [0, 0.05) is 12.4 Å². The van der Waals surface area contributed by atoms with Crippen LogP contribution in [-0.2, 0) is 16.4 Å². The molecule has 0 radical (unpaired) electrons. The standard InChI is InChI=1S/C27H29N5O5S/c1-27(2,3)18-10-12-19(13-11-18)38(34)32-23-22(37-21-9-6-5-8-20(21)35-4)26(36-17-16-33)31-25(30-23)24-28-14-7-15-29-24/h5-15,33H,16-17H2,1-4H3,(H,30,31,32). The molecule has 0 fully saturated rings. The smallest absolute Gasteiger partial charge is 0.263 e. The van der Waals surface area contributed by atoms with Crippen LogP contribution in [0.1, 0.15) is 26.3 Å². The van der Waals surface area contributed by atoms with Gasteiger partial charge in [0.25, 0.3) is 5.88 Å². The fraction of sp³-hybridized carbons (Fsp3) is 0.259. The van der Waals surface area contributed by atoms with Crippen molar-refractivity contribution in [2.24, 2.45) is 0 Å². The van der Waals surface area contributed by atoms with Gasteiger partial charge in [-0.3, -0.25) is 4.72 Å². The summed E-state index contributed by atoms with van der Waals surface area (Å²) in [6.07, 6.45) is 3.11. The van der Waals surface area contributed by atoms with Crippen LogP contribution in [0.3, 0.4) is 0 Å². The molecule has 38 heavy (non-hydrogen) atoms. The Bertz CT molecular complexity index is 1400. The molecule has 2 N–H and O–H groups in total. The number of rotatable bonds is 10. The maximum atomic E-state index is 13.4. The Balaban J connectivity index is 1.80. The summed E-state index contributed by atoms with van der Waals surface area (Å²) in [6.45, 7) is 6.01. The van der Waals surface area contributed by atoms with Crippen molar-refractivity contribution in [1.29, 1.82) is 0 Å². The number of ether oxygens (including phenoxy) is 3. The first-order valence-electron chi connectivity index (χ1n) is 11.8. The number of methoxy groups -OCH3 is 1. The van der Waals surface area contributed by atoms with Gasteiger partial charge in [-0.1, -0.05) is 45.0 Å². The number of nitrogens with one attached hydrogen (secondary N) is 1. The van der Waals surface area contributed by atoms with Gasteiger partial charge < -0.3 is 19.3 Å². The van der Waals surface area contributed by atoms with Crippen LogP contribution in [0.25, 0.3) is 11.6 Å². The molecule has 2 heterocycles. The molecule has 4 aromatic rings. The molecule has 0 spiro atoms. The van der Waals surface area contributed by atoms with Crippen LogP contribution in [-0.4, -0.2) is 49.6 Å². The summed E-state index contributed by atoms with van der Waals surface area (Å²) in [5.41, 5.74) is 1.07. The Morgan fingerprint density at radius 1 is 0.921 bits per heavy atom. The number of aliphatic hydroxyl groups is 1. The van der Waals surface area contributed by atoms with Crippen molar-refractivity contribution in [3.8, 4) is 34.8 Å². The van der Waals surface area contributed by atoms with E-state index in [1.807, 2.05) is 12.1 Å². The van der Waals surface area contributed by atoms with E-state index < -0.39 is 11.0 Å². The minimum Gasteiger partial charge on any atom is -0.493 e. The Hall–Kier alpha value is -4.09. The van der Waals surface area contributed by atoms with Crippen LogP contribution in [0.5, 0.6) is 23.1 Å². The normalized spacial score (nSPS) is 12.0. The molecule has 2 aromatic heterocycles. The molecule has 0 bridgehead atoms. The minimum absolute atomic E-state index is 0.00462. The highest BCUT2D eigenvalue weighted by Gasteiger charge is 2.23. The highest BCUT2D eigenvalue weighted by Crippen LogP contribution is 2.41. The predicted molar refractivity (Wildman–Crippen MR) is 144 cm³/mol. The lowest BCUT2D eigenvalue weighted by atomic mass is 9.87. The van der Waals surface area contributed by atoms with Gasteiger partial charge in [0.05, 0.1) is 18.6 Å². The van der Waals surface area contributed by atoms with Crippen molar-refractivity contribution in [2.45, 2.75) is 31.1 Å². The summed E-state index contributed by atoms with van der Waals surface area (Å²) in [5, 5.41) is 9.40. The van der Waals surface area contributed by atoms with E-state index in [1.54, 1.807) is 54.9 Å². The number of anilines is 1. The van der Waals surface area contributed by atoms with Gasteiger partial charge in [0.2, 0.25) is 11.6 Å². The van der Waals surface area contributed by atoms with Crippen LogP contribution in [0.15, 0.2) is 71.9 Å². The van der Waals surface area contributed by atoms with Crippen molar-refractivity contribution in [3.63, 3.8) is 0 Å². The van der Waals surface area contributed by atoms with Crippen LogP contribution < -0.4 is 18.9 Å². The van der Waals surface area contributed by atoms with Crippen molar-refractivity contribution < 1.29 is 23.5 Å². The zero-order valence-corrected chi connectivity index (χ0v) is 22.4. The monoisotopic (exact) mass is 535 g/mol. The van der Waals surface area contributed by atoms with Gasteiger partial charge >= 0.3 is 0 Å². The zero-order valence-electron chi connectivity index (χ0n) is 21.5. The third-order valence-corrected chi connectivity index (χ3v) is 6.41. The van der Waals surface area contributed by atoms with Gasteiger partial charge in [0.15, 0.2) is 34.1 Å². The molecule has 11 heteroatoms. The number of para-hydroxylation sites is 2. The summed E-state index contributed by atoms with van der Waals surface area (Å²) < 4.78 is 33.6. The highest BCUT2D eigenvalue weighted by molar-refractivity contribution is 7.86. The zero-order chi connectivity index (χ0) is 27.1. The van der Waals surface area contributed by atoms with Crippen LogP contribution >= 0.6 is 0 Å². The molecule has 1 atom stereocenters. The Labute approximate surface area is 223 Å². The van der Waals surface area contributed by atoms with E-state index >= 15 is 0 Å². The number of nitrogens with zero attached hydrogens (tertiary/aromatic N) is 4. The number of hydrogen-bond donors (Lipinski definition) is 2. The van der Waals surface area contributed by atoms with Crippen molar-refractivity contribution >= 4 is 16.8 Å². The number of hydrogen-bond acceptors (Lipinski definition) is 9. The molecule has 0 aliphatic carbocycles. The molecular weight excluding hydrogens is 506 g/mol. The van der Waals surface area contributed by atoms with E-state index in [1.165, 1.54) is 7.11 Å². The molecule has 198 valence electrons. The summed E-state index contributed by atoms with van der Waals surface area (Å²) >= 11 is 0. The summed E-state index contributed by atoms with van der Waals surface area (Å²) in [7, 11) is -0.200. The van der Waals surface area contributed by atoms with Crippen LogP contribution in [0, 0.1) is 0 Å². The van der Waals surface area contributed by atoms with Crippen molar-refractivity contribution in [3.05, 3.63) is 72.6 Å². The molecule has 1 unspecified atom stereocenters. The highest BCUT2D eigenvalue weighted by atomic mass is 32.2. The van der Waals surface area contributed by atoms with Gasteiger partial charge in [-0.15, -0.1) is 0 Å². The molecule has 10 nitrogen and oxygen atoms in total. The number of benzene rings is 2. The van der Waals surface area contributed by atoms with Crippen LogP contribution in [0.2, 0.25) is 0 Å². The molecule has 0 saturated carbocycles. The first-order chi connectivity index (χ1) is 18.3. The van der Waals surface area contributed by atoms with E-state index in [2.05, 4.69) is 45.4 Å². The van der Waals surface area contributed by atoms with Gasteiger partial charge in [0.1, 0.15) is 6.61 Å². The quantitative estimate of drug-likeness (QED) is 0.301. The fourth-order valence-corrected chi connectivity index (χ4v) is 4.20. The van der Waals surface area contributed by atoms with Gasteiger partial charge in [-0.05, 0) is 41.3 Å². The Kier molecular flexibility index (Phi) is 8.49. The maximum Gasteiger partial charge on any atom is 0.263 e. The van der Waals surface area contributed by atoms with Crippen LogP contribution in [0.4, 0.5) is 5.82 Å². The lowest BCUT2D eigenvalue weighted by molar-refractivity contribution is 0.192. The Morgan fingerprint density at radius 2 is 1.61 bits per heavy atom. The lowest BCUT2D eigenvalue weighted by Gasteiger charge is -2.19. The van der Waals surface area contributed by atoms with E-state index in [4.69, 9.17) is 14.2 Å².